The number of hydrogen-bond acceptors (Lipinski definition) is 5. The van der Waals surface area contributed by atoms with Crippen LogP contribution in [0.25, 0.3) is 0 Å². The van der Waals surface area contributed by atoms with Crippen molar-refractivity contribution in [1.29, 1.82) is 0 Å². The number of methoxy groups -OCH3 is 1. The molecule has 35 heavy (non-hydrogen) atoms. The monoisotopic (exact) mass is 468 g/mol. The number of carbonyl (C=O) groups is 2. The molecule has 3 N–H and O–H groups in total. The van der Waals surface area contributed by atoms with Crippen LogP contribution < -0.4 is 20.1 Å². The number of carboxylic acid groups (broad SMARTS) is 1. The van der Waals surface area contributed by atoms with E-state index in [1.54, 1.807) is 24.3 Å². The van der Waals surface area contributed by atoms with Crippen LogP contribution in [-0.4, -0.2) is 24.1 Å². The topological polar surface area (TPSA) is 96.9 Å². The molecule has 0 aliphatic rings. The molecule has 0 radical (unpaired) electrons. The zero-order valence-electron chi connectivity index (χ0n) is 19.0. The van der Waals surface area contributed by atoms with Gasteiger partial charge in [-0.2, -0.15) is 0 Å². The second-order valence-electron chi connectivity index (χ2n) is 7.64. The van der Waals surface area contributed by atoms with Crippen molar-refractivity contribution < 1.29 is 24.2 Å². The van der Waals surface area contributed by atoms with Gasteiger partial charge in [0.1, 0.15) is 18.1 Å². The summed E-state index contributed by atoms with van der Waals surface area (Å²) in [4.78, 5) is 24.9. The van der Waals surface area contributed by atoms with Crippen LogP contribution in [0.15, 0.2) is 97.1 Å². The quantitative estimate of drug-likeness (QED) is 0.280. The van der Waals surface area contributed by atoms with E-state index in [1.807, 2.05) is 60.7 Å². The molecule has 7 nitrogen and oxygen atoms in total. The Morgan fingerprint density at radius 2 is 1.46 bits per heavy atom. The van der Waals surface area contributed by atoms with E-state index in [0.29, 0.717) is 29.4 Å². The van der Waals surface area contributed by atoms with Gasteiger partial charge in [-0.25, -0.2) is 4.79 Å². The lowest BCUT2D eigenvalue weighted by atomic mass is 10.1. The second-order valence-corrected chi connectivity index (χ2v) is 7.64. The molecule has 0 spiro atoms. The van der Waals surface area contributed by atoms with E-state index in [-0.39, 0.29) is 11.3 Å². The molecule has 0 unspecified atom stereocenters. The number of benzene rings is 4. The predicted molar refractivity (Wildman–Crippen MR) is 135 cm³/mol. The Labute approximate surface area is 203 Å². The molecule has 0 saturated carbocycles. The summed E-state index contributed by atoms with van der Waals surface area (Å²) in [7, 11) is 1.45. The highest BCUT2D eigenvalue weighted by Crippen LogP contribution is 2.29. The summed E-state index contributed by atoms with van der Waals surface area (Å²) < 4.78 is 11.0. The Balaban J connectivity index is 1.62. The van der Waals surface area contributed by atoms with Crippen LogP contribution in [0.1, 0.15) is 26.3 Å². The van der Waals surface area contributed by atoms with E-state index in [0.717, 1.165) is 11.3 Å². The molecular weight excluding hydrogens is 444 g/mol. The summed E-state index contributed by atoms with van der Waals surface area (Å²) in [5.74, 6) is -0.677. The van der Waals surface area contributed by atoms with Crippen LogP contribution in [0, 0.1) is 0 Å². The molecule has 0 saturated heterocycles. The first-order chi connectivity index (χ1) is 17.0. The fourth-order valence-electron chi connectivity index (χ4n) is 3.46. The van der Waals surface area contributed by atoms with Gasteiger partial charge in [-0.1, -0.05) is 48.5 Å². The van der Waals surface area contributed by atoms with Crippen molar-refractivity contribution in [2.24, 2.45) is 0 Å². The molecule has 0 fully saturated rings. The van der Waals surface area contributed by atoms with E-state index in [4.69, 9.17) is 9.47 Å². The number of rotatable bonds is 9. The van der Waals surface area contributed by atoms with Gasteiger partial charge in [0.05, 0.1) is 29.6 Å². The van der Waals surface area contributed by atoms with Crippen LogP contribution >= 0.6 is 0 Å². The third kappa shape index (κ3) is 5.97. The number of anilines is 3. The Bertz CT molecular complexity index is 1320. The second kappa shape index (κ2) is 10.9. The lowest BCUT2D eigenvalue weighted by Crippen LogP contribution is -2.16. The molecule has 0 aliphatic carbocycles. The Hall–Kier alpha value is -4.78. The highest BCUT2D eigenvalue weighted by Gasteiger charge is 2.18. The minimum atomic E-state index is -1.17. The molecule has 7 heteroatoms. The fourth-order valence-corrected chi connectivity index (χ4v) is 3.46. The average Bonchev–Trinajstić information content (AvgIpc) is 2.89. The van der Waals surface area contributed by atoms with E-state index >= 15 is 0 Å². The third-order valence-electron chi connectivity index (χ3n) is 5.24. The summed E-state index contributed by atoms with van der Waals surface area (Å²) in [5, 5.41) is 15.5. The van der Waals surface area contributed by atoms with Gasteiger partial charge >= 0.3 is 5.97 Å². The van der Waals surface area contributed by atoms with Crippen molar-refractivity contribution in [2.75, 3.05) is 17.7 Å². The van der Waals surface area contributed by atoms with Gasteiger partial charge in [-0.15, -0.1) is 0 Å². The Morgan fingerprint density at radius 3 is 2.14 bits per heavy atom. The molecule has 4 aromatic rings. The third-order valence-corrected chi connectivity index (χ3v) is 5.24. The first-order valence-electron chi connectivity index (χ1n) is 10.9. The lowest BCUT2D eigenvalue weighted by molar-refractivity contribution is 0.0697. The van der Waals surface area contributed by atoms with Crippen LogP contribution in [0.5, 0.6) is 11.5 Å². The SMILES string of the molecule is COc1ccc(NC(=O)c2ccc(OCc3ccccc3)cc2Nc2ccccc2)c(C(=O)O)c1. The van der Waals surface area contributed by atoms with Gasteiger partial charge in [-0.05, 0) is 48.0 Å². The Morgan fingerprint density at radius 1 is 0.771 bits per heavy atom. The molecule has 4 aromatic carbocycles. The number of para-hydroxylation sites is 1. The minimum Gasteiger partial charge on any atom is -0.497 e. The highest BCUT2D eigenvalue weighted by atomic mass is 16.5. The molecule has 0 aromatic heterocycles. The van der Waals surface area contributed by atoms with E-state index < -0.39 is 11.9 Å². The molecule has 0 bridgehead atoms. The van der Waals surface area contributed by atoms with Crippen molar-refractivity contribution >= 4 is 28.9 Å². The van der Waals surface area contributed by atoms with E-state index in [1.165, 1.54) is 19.2 Å². The number of carbonyl (C=O) groups excluding carboxylic acids is 1. The summed E-state index contributed by atoms with van der Waals surface area (Å²) in [6, 6.07) is 28.8. The smallest absolute Gasteiger partial charge is 0.337 e. The number of hydrogen-bond donors (Lipinski definition) is 3. The first-order valence-corrected chi connectivity index (χ1v) is 10.9. The number of aromatic carboxylic acids is 1. The molecule has 0 aliphatic heterocycles. The van der Waals surface area contributed by atoms with Gasteiger partial charge < -0.3 is 25.2 Å². The highest BCUT2D eigenvalue weighted by molar-refractivity contribution is 6.11. The standard InChI is InChI=1S/C28H24N2O5/c1-34-21-13-15-25(24(16-21)28(32)33)30-27(31)23-14-12-22(35-18-19-8-4-2-5-9-19)17-26(23)29-20-10-6-3-7-11-20/h2-17,29H,18H2,1H3,(H,30,31)(H,32,33). The minimum absolute atomic E-state index is 0.0712. The molecule has 1 amide bonds. The van der Waals surface area contributed by atoms with Gasteiger partial charge in [0.25, 0.3) is 5.91 Å². The fraction of sp³-hybridized carbons (Fsp3) is 0.0714. The maximum Gasteiger partial charge on any atom is 0.337 e. The summed E-state index contributed by atoms with van der Waals surface area (Å²) >= 11 is 0. The zero-order chi connectivity index (χ0) is 24.6. The molecule has 0 atom stereocenters. The molecular formula is C28H24N2O5. The van der Waals surface area contributed by atoms with Crippen LogP contribution in [0.2, 0.25) is 0 Å². The average molecular weight is 469 g/mol. The normalized spacial score (nSPS) is 10.3. The summed E-state index contributed by atoms with van der Waals surface area (Å²) in [6.07, 6.45) is 0. The van der Waals surface area contributed by atoms with Crippen molar-refractivity contribution in [1.82, 2.24) is 0 Å². The summed E-state index contributed by atoms with van der Waals surface area (Å²) in [5.41, 5.74) is 2.75. The number of carboxylic acids is 1. The number of amides is 1. The van der Waals surface area contributed by atoms with Gasteiger partial charge in [0.15, 0.2) is 0 Å². The van der Waals surface area contributed by atoms with Gasteiger partial charge in [0.2, 0.25) is 0 Å². The zero-order valence-corrected chi connectivity index (χ0v) is 19.0. The maximum absolute atomic E-state index is 13.2. The predicted octanol–water partition coefficient (Wildman–Crippen LogP) is 5.97. The molecule has 4 rings (SSSR count). The molecule has 0 heterocycles. The van der Waals surface area contributed by atoms with Gasteiger partial charge in [0, 0.05) is 11.8 Å². The maximum atomic E-state index is 13.2. The van der Waals surface area contributed by atoms with Gasteiger partial charge in [-0.3, -0.25) is 4.79 Å². The van der Waals surface area contributed by atoms with E-state index in [2.05, 4.69) is 10.6 Å². The molecule has 176 valence electrons. The number of ether oxygens (including phenoxy) is 2. The Kier molecular flexibility index (Phi) is 7.28. The van der Waals surface area contributed by atoms with Crippen LogP contribution in [-0.2, 0) is 6.61 Å². The van der Waals surface area contributed by atoms with Crippen molar-refractivity contribution in [2.45, 2.75) is 6.61 Å². The van der Waals surface area contributed by atoms with Crippen molar-refractivity contribution in [3.8, 4) is 11.5 Å². The summed E-state index contributed by atoms with van der Waals surface area (Å²) in [6.45, 7) is 0.380. The lowest BCUT2D eigenvalue weighted by Gasteiger charge is -2.16. The van der Waals surface area contributed by atoms with Crippen molar-refractivity contribution in [3.05, 3.63) is 114 Å². The number of nitrogens with one attached hydrogen (secondary N) is 2. The van der Waals surface area contributed by atoms with Crippen LogP contribution in [0.3, 0.4) is 0 Å². The first kappa shape index (κ1) is 23.4. The van der Waals surface area contributed by atoms with E-state index in [9.17, 15) is 14.7 Å². The largest absolute Gasteiger partial charge is 0.497 e. The van der Waals surface area contributed by atoms with Crippen molar-refractivity contribution in [3.63, 3.8) is 0 Å². The van der Waals surface area contributed by atoms with Crippen LogP contribution in [0.4, 0.5) is 17.1 Å².